The number of ether oxygens (including phenoxy) is 2. The van der Waals surface area contributed by atoms with Gasteiger partial charge in [-0.15, -0.1) is 0 Å². The molecular weight excluding hydrogens is 590 g/mol. The van der Waals surface area contributed by atoms with Crippen LogP contribution in [-0.4, -0.2) is 63.7 Å². The van der Waals surface area contributed by atoms with E-state index in [0.29, 0.717) is 38.7 Å². The summed E-state index contributed by atoms with van der Waals surface area (Å²) in [4.78, 5) is 44.9. The van der Waals surface area contributed by atoms with Gasteiger partial charge in [-0.1, -0.05) is 12.1 Å². The second-order valence-electron chi connectivity index (χ2n) is 9.90. The number of aryl methyl sites for hydroxylation is 1. The molecule has 2 aliphatic heterocycles. The molecule has 11 nitrogen and oxygen atoms in total. The largest absolute Gasteiger partial charge is 0.491 e. The summed E-state index contributed by atoms with van der Waals surface area (Å²) in [6.45, 7) is 2.69. The van der Waals surface area contributed by atoms with Gasteiger partial charge in [0.25, 0.3) is 5.56 Å². The molecule has 4 heterocycles. The van der Waals surface area contributed by atoms with E-state index in [1.165, 1.54) is 11.6 Å². The molecule has 1 aromatic carbocycles. The highest BCUT2D eigenvalue weighted by atomic mass is 19.4. The summed E-state index contributed by atoms with van der Waals surface area (Å²) in [6, 6.07) is 2.50. The van der Waals surface area contributed by atoms with Crippen LogP contribution in [-0.2, 0) is 35.8 Å². The smallest absolute Gasteiger partial charge is 0.419 e. The maximum Gasteiger partial charge on any atom is 0.491 e. The second kappa shape index (κ2) is 11.2. The predicted octanol–water partition coefficient (Wildman–Crippen LogP) is 2.54. The number of alkyl halides is 6. The van der Waals surface area contributed by atoms with E-state index in [0.717, 1.165) is 32.5 Å². The van der Waals surface area contributed by atoms with Crippen molar-refractivity contribution in [2.75, 3.05) is 37.7 Å². The standard InChI is InChI=1S/C26H26F6N6O5/c1-3-42-10-9-37-21(39)18-20(35(2)24(37)41)34-23(36-8-7-14-11-33-12-17(14)36)38(18)13-15-5-4-6-16(25(27,28)29)19(15)43-22(40)26(30,31)32/h4-6,33H,3,7-13H2,1-2H3. The van der Waals surface area contributed by atoms with Crippen LogP contribution in [0.2, 0.25) is 0 Å². The molecule has 0 amide bonds. The SMILES string of the molecule is CCOCCn1c(=O)c2c(nc(N3CCC4=C3CNC4)n2Cc2cccc(C(F)(F)F)c2OC(=O)C(F)(F)F)n(C)c1=O. The third kappa shape index (κ3) is 5.53. The molecule has 43 heavy (non-hydrogen) atoms. The van der Waals surface area contributed by atoms with Gasteiger partial charge >= 0.3 is 24.0 Å². The van der Waals surface area contributed by atoms with Gasteiger partial charge in [-0.3, -0.25) is 18.5 Å². The number of esters is 1. The minimum Gasteiger partial charge on any atom is -0.419 e. The van der Waals surface area contributed by atoms with E-state index in [-0.39, 0.29) is 30.3 Å². The van der Waals surface area contributed by atoms with Gasteiger partial charge in [0.2, 0.25) is 5.95 Å². The Balaban J connectivity index is 1.75. The van der Waals surface area contributed by atoms with Gasteiger partial charge in [0.15, 0.2) is 11.2 Å². The number of carbonyl (C=O) groups is 1. The Morgan fingerprint density at radius 3 is 2.51 bits per heavy atom. The number of benzene rings is 1. The van der Waals surface area contributed by atoms with Crippen LogP contribution >= 0.6 is 0 Å². The zero-order valence-electron chi connectivity index (χ0n) is 22.9. The van der Waals surface area contributed by atoms with Crippen molar-refractivity contribution in [2.45, 2.75) is 38.8 Å². The zero-order valence-corrected chi connectivity index (χ0v) is 22.9. The minimum absolute atomic E-state index is 0.0113. The molecule has 1 N–H and O–H groups in total. The number of nitrogens with one attached hydrogen (secondary N) is 1. The van der Waals surface area contributed by atoms with Crippen molar-refractivity contribution in [3.63, 3.8) is 0 Å². The summed E-state index contributed by atoms with van der Waals surface area (Å²) in [5, 5.41) is 3.19. The fourth-order valence-corrected chi connectivity index (χ4v) is 5.27. The molecule has 0 atom stereocenters. The van der Waals surface area contributed by atoms with Gasteiger partial charge < -0.3 is 19.7 Å². The summed E-state index contributed by atoms with van der Waals surface area (Å²) < 4.78 is 93.9. The van der Waals surface area contributed by atoms with E-state index in [9.17, 15) is 40.7 Å². The van der Waals surface area contributed by atoms with E-state index in [1.54, 1.807) is 11.8 Å². The lowest BCUT2D eigenvalue weighted by Crippen LogP contribution is -2.40. The lowest BCUT2D eigenvalue weighted by Gasteiger charge is -2.23. The third-order valence-electron chi connectivity index (χ3n) is 7.28. The lowest BCUT2D eigenvalue weighted by atomic mass is 10.1. The van der Waals surface area contributed by atoms with Gasteiger partial charge in [0.05, 0.1) is 25.3 Å². The Hall–Kier alpha value is -4.12. The number of aromatic nitrogens is 4. The average molecular weight is 617 g/mol. The fraction of sp³-hybridized carbons (Fsp3) is 0.462. The Morgan fingerprint density at radius 2 is 1.84 bits per heavy atom. The monoisotopic (exact) mass is 616 g/mol. The molecule has 2 aliphatic rings. The van der Waals surface area contributed by atoms with Crippen LogP contribution in [0.1, 0.15) is 24.5 Å². The number of para-hydroxylation sites is 1. The number of rotatable bonds is 8. The van der Waals surface area contributed by atoms with Crippen LogP contribution in [0, 0.1) is 0 Å². The van der Waals surface area contributed by atoms with E-state index in [2.05, 4.69) is 15.0 Å². The molecular formula is C26H26F6N6O5. The Morgan fingerprint density at radius 1 is 1.09 bits per heavy atom. The van der Waals surface area contributed by atoms with E-state index < -0.39 is 53.0 Å². The average Bonchev–Trinajstić information content (AvgIpc) is 3.64. The topological polar surface area (TPSA) is 113 Å². The number of nitrogens with zero attached hydrogens (tertiary/aromatic N) is 5. The molecule has 0 radical (unpaired) electrons. The highest BCUT2D eigenvalue weighted by molar-refractivity contribution is 5.79. The number of fused-ring (bicyclic) bond motifs is 1. The number of hydrogen-bond donors (Lipinski definition) is 1. The number of hydrogen-bond acceptors (Lipinski definition) is 8. The first-order chi connectivity index (χ1) is 20.2. The van der Waals surface area contributed by atoms with Gasteiger partial charge in [0, 0.05) is 44.5 Å². The molecule has 0 unspecified atom stereocenters. The molecule has 2 aromatic heterocycles. The Bertz CT molecular complexity index is 1740. The van der Waals surface area contributed by atoms with Crippen molar-refractivity contribution in [1.29, 1.82) is 0 Å². The predicted molar refractivity (Wildman–Crippen MR) is 140 cm³/mol. The summed E-state index contributed by atoms with van der Waals surface area (Å²) >= 11 is 0. The number of halogens is 6. The Kier molecular flexibility index (Phi) is 7.89. The summed E-state index contributed by atoms with van der Waals surface area (Å²) in [6.07, 6.45) is -10.1. The molecule has 0 spiro atoms. The maximum atomic E-state index is 13.9. The van der Waals surface area contributed by atoms with Crippen LogP contribution in [0.3, 0.4) is 0 Å². The van der Waals surface area contributed by atoms with Crippen LogP contribution in [0.25, 0.3) is 11.2 Å². The zero-order chi connectivity index (χ0) is 31.3. The molecule has 17 heteroatoms. The molecule has 0 fully saturated rings. The molecule has 0 saturated carbocycles. The summed E-state index contributed by atoms with van der Waals surface area (Å²) in [5.74, 6) is -4.10. The normalized spacial score (nSPS) is 15.6. The molecule has 0 aliphatic carbocycles. The maximum absolute atomic E-state index is 13.9. The van der Waals surface area contributed by atoms with Crippen LogP contribution in [0.5, 0.6) is 5.75 Å². The van der Waals surface area contributed by atoms with E-state index in [4.69, 9.17) is 4.74 Å². The molecule has 3 aromatic rings. The van der Waals surface area contributed by atoms with Crippen molar-refractivity contribution >= 4 is 23.1 Å². The lowest BCUT2D eigenvalue weighted by molar-refractivity contribution is -0.190. The van der Waals surface area contributed by atoms with Crippen LogP contribution in [0.15, 0.2) is 39.1 Å². The van der Waals surface area contributed by atoms with Gasteiger partial charge in [-0.05, 0) is 25.0 Å². The third-order valence-corrected chi connectivity index (χ3v) is 7.28. The number of anilines is 1. The fourth-order valence-electron chi connectivity index (χ4n) is 5.27. The minimum atomic E-state index is -5.58. The van der Waals surface area contributed by atoms with Crippen molar-refractivity contribution in [3.05, 3.63) is 61.4 Å². The van der Waals surface area contributed by atoms with Crippen molar-refractivity contribution in [3.8, 4) is 5.75 Å². The van der Waals surface area contributed by atoms with Crippen LogP contribution in [0.4, 0.5) is 32.3 Å². The van der Waals surface area contributed by atoms with Gasteiger partial charge in [-0.25, -0.2) is 9.59 Å². The quantitative estimate of drug-likeness (QED) is 0.178. The highest BCUT2D eigenvalue weighted by Crippen LogP contribution is 2.40. The number of carbonyl (C=O) groups excluding carboxylic acids is 1. The first-order valence-electron chi connectivity index (χ1n) is 13.2. The summed E-state index contributed by atoms with van der Waals surface area (Å²) in [5.41, 5.74) is -2.00. The van der Waals surface area contributed by atoms with Gasteiger partial charge in [0.1, 0.15) is 5.75 Å². The second-order valence-corrected chi connectivity index (χ2v) is 9.90. The summed E-state index contributed by atoms with van der Waals surface area (Å²) in [7, 11) is 1.37. The first kappa shape index (κ1) is 30.3. The van der Waals surface area contributed by atoms with E-state index >= 15 is 0 Å². The van der Waals surface area contributed by atoms with Crippen molar-refractivity contribution in [2.24, 2.45) is 7.05 Å². The first-order valence-corrected chi connectivity index (χ1v) is 13.2. The molecule has 5 rings (SSSR count). The van der Waals surface area contributed by atoms with Crippen LogP contribution < -0.4 is 26.2 Å². The number of imidazole rings is 1. The van der Waals surface area contributed by atoms with Gasteiger partial charge in [-0.2, -0.15) is 31.3 Å². The molecule has 0 saturated heterocycles. The van der Waals surface area contributed by atoms with Crippen molar-refractivity contribution in [1.82, 2.24) is 24.0 Å². The Labute approximate surface area is 238 Å². The molecule has 0 bridgehead atoms. The van der Waals surface area contributed by atoms with Crippen molar-refractivity contribution < 1.29 is 40.6 Å². The molecule has 232 valence electrons. The highest BCUT2D eigenvalue weighted by Gasteiger charge is 2.44. The van der Waals surface area contributed by atoms with E-state index in [1.807, 2.05) is 0 Å².